The molecule has 118 valence electrons. The largest absolute Gasteiger partial charge is 0.484 e. The number of halogens is 2. The minimum atomic E-state index is -0.153. The molecule has 0 fully saturated rings. The molecule has 0 unspecified atom stereocenters. The van der Waals surface area contributed by atoms with Gasteiger partial charge in [-0.2, -0.15) is 0 Å². The highest BCUT2D eigenvalue weighted by Gasteiger charge is 2.14. The topological polar surface area (TPSA) is 48.0 Å². The molecule has 5 nitrogen and oxygen atoms in total. The Balaban J connectivity index is 2.55. The summed E-state index contributed by atoms with van der Waals surface area (Å²) in [4.78, 5) is 13.7. The average Bonchev–Trinajstić information content (AvgIpc) is 2.44. The van der Waals surface area contributed by atoms with Gasteiger partial charge in [0.2, 0.25) is 0 Å². The molecule has 1 aromatic rings. The SMILES string of the molecule is COCCN(CCOC)C(=O)COc1cc(Cl)cc(Cl)c1. The van der Waals surface area contributed by atoms with Crippen molar-refractivity contribution in [2.24, 2.45) is 0 Å². The maximum atomic E-state index is 12.1. The van der Waals surface area contributed by atoms with Gasteiger partial charge in [0, 0.05) is 37.4 Å². The second-order valence-corrected chi connectivity index (χ2v) is 5.13. The maximum Gasteiger partial charge on any atom is 0.260 e. The highest BCUT2D eigenvalue weighted by Crippen LogP contribution is 2.24. The Hall–Kier alpha value is -1.01. The summed E-state index contributed by atoms with van der Waals surface area (Å²) in [5.41, 5.74) is 0. The third kappa shape index (κ3) is 7.00. The summed E-state index contributed by atoms with van der Waals surface area (Å²) in [5, 5.41) is 0.918. The summed E-state index contributed by atoms with van der Waals surface area (Å²) in [6, 6.07) is 4.81. The second-order valence-electron chi connectivity index (χ2n) is 4.26. The van der Waals surface area contributed by atoms with Crippen LogP contribution in [0.3, 0.4) is 0 Å². The number of hydrogen-bond acceptors (Lipinski definition) is 4. The molecule has 1 aromatic carbocycles. The molecule has 0 bridgehead atoms. The predicted octanol–water partition coefficient (Wildman–Crippen LogP) is 2.49. The number of methoxy groups -OCH3 is 2. The van der Waals surface area contributed by atoms with E-state index in [0.29, 0.717) is 42.1 Å². The summed E-state index contributed by atoms with van der Waals surface area (Å²) in [6.45, 7) is 1.79. The lowest BCUT2D eigenvalue weighted by molar-refractivity contribution is -0.134. The number of ether oxygens (including phenoxy) is 3. The van der Waals surface area contributed by atoms with Crippen molar-refractivity contribution in [1.82, 2.24) is 4.90 Å². The lowest BCUT2D eigenvalue weighted by Gasteiger charge is -2.22. The van der Waals surface area contributed by atoms with Crippen molar-refractivity contribution in [2.75, 3.05) is 47.1 Å². The van der Waals surface area contributed by atoms with Gasteiger partial charge in [-0.1, -0.05) is 23.2 Å². The van der Waals surface area contributed by atoms with Crippen molar-refractivity contribution in [3.63, 3.8) is 0 Å². The molecule has 0 N–H and O–H groups in total. The standard InChI is InChI=1S/C14H19Cl2NO4/c1-19-5-3-17(4-6-20-2)14(18)10-21-13-8-11(15)7-12(16)9-13/h7-9H,3-6,10H2,1-2H3. The van der Waals surface area contributed by atoms with Crippen LogP contribution in [0.25, 0.3) is 0 Å². The fourth-order valence-corrected chi connectivity index (χ4v) is 2.12. The molecular formula is C14H19Cl2NO4. The van der Waals surface area contributed by atoms with E-state index in [2.05, 4.69) is 0 Å². The summed E-state index contributed by atoms with van der Waals surface area (Å²) >= 11 is 11.7. The number of hydrogen-bond donors (Lipinski definition) is 0. The first-order chi connectivity index (χ1) is 10.1. The second kappa shape index (κ2) is 9.84. The molecule has 0 aliphatic carbocycles. The summed E-state index contributed by atoms with van der Waals surface area (Å²) in [6.07, 6.45) is 0. The van der Waals surface area contributed by atoms with Crippen molar-refractivity contribution in [3.05, 3.63) is 28.2 Å². The molecule has 0 aromatic heterocycles. The summed E-state index contributed by atoms with van der Waals surface area (Å²) in [5.74, 6) is 0.305. The smallest absolute Gasteiger partial charge is 0.260 e. The van der Waals surface area contributed by atoms with Crippen LogP contribution in [0.1, 0.15) is 0 Å². The first kappa shape index (κ1) is 18.0. The van der Waals surface area contributed by atoms with E-state index in [1.54, 1.807) is 37.3 Å². The molecule has 0 aliphatic heterocycles. The minimum Gasteiger partial charge on any atom is -0.484 e. The summed E-state index contributed by atoms with van der Waals surface area (Å²) < 4.78 is 15.4. The number of carbonyl (C=O) groups is 1. The third-order valence-corrected chi connectivity index (χ3v) is 3.12. The van der Waals surface area contributed by atoms with Gasteiger partial charge in [-0.05, 0) is 18.2 Å². The molecule has 7 heteroatoms. The Morgan fingerprint density at radius 2 is 1.57 bits per heavy atom. The van der Waals surface area contributed by atoms with Crippen LogP contribution in [0.4, 0.5) is 0 Å². The molecule has 0 atom stereocenters. The van der Waals surface area contributed by atoms with Gasteiger partial charge in [-0.25, -0.2) is 0 Å². The van der Waals surface area contributed by atoms with Gasteiger partial charge in [0.15, 0.2) is 6.61 Å². The molecule has 21 heavy (non-hydrogen) atoms. The maximum absolute atomic E-state index is 12.1. The van der Waals surface area contributed by atoms with Crippen LogP contribution in [0.2, 0.25) is 10.0 Å². The average molecular weight is 336 g/mol. The van der Waals surface area contributed by atoms with E-state index in [1.807, 2.05) is 0 Å². The Morgan fingerprint density at radius 3 is 2.05 bits per heavy atom. The fraction of sp³-hybridized carbons (Fsp3) is 0.500. The molecule has 0 heterocycles. The number of nitrogens with zero attached hydrogens (tertiary/aromatic N) is 1. The zero-order valence-electron chi connectivity index (χ0n) is 12.1. The van der Waals surface area contributed by atoms with Gasteiger partial charge in [-0.15, -0.1) is 0 Å². The molecule has 0 saturated carbocycles. The van der Waals surface area contributed by atoms with E-state index >= 15 is 0 Å². The monoisotopic (exact) mass is 335 g/mol. The quantitative estimate of drug-likeness (QED) is 0.695. The van der Waals surface area contributed by atoms with Gasteiger partial charge in [-0.3, -0.25) is 4.79 Å². The van der Waals surface area contributed by atoms with Crippen molar-refractivity contribution in [1.29, 1.82) is 0 Å². The molecule has 1 rings (SSSR count). The molecular weight excluding hydrogens is 317 g/mol. The van der Waals surface area contributed by atoms with Crippen molar-refractivity contribution >= 4 is 29.1 Å². The van der Waals surface area contributed by atoms with E-state index in [9.17, 15) is 4.79 Å². The number of amides is 1. The Bertz CT molecular complexity index is 428. The van der Waals surface area contributed by atoms with E-state index in [4.69, 9.17) is 37.4 Å². The Kier molecular flexibility index (Phi) is 8.45. The zero-order valence-corrected chi connectivity index (χ0v) is 13.6. The number of rotatable bonds is 9. The molecule has 0 aliphatic rings. The fourth-order valence-electron chi connectivity index (χ4n) is 1.61. The van der Waals surface area contributed by atoms with Crippen LogP contribution >= 0.6 is 23.2 Å². The first-order valence-corrected chi connectivity index (χ1v) is 7.17. The van der Waals surface area contributed by atoms with Crippen LogP contribution < -0.4 is 4.74 Å². The van der Waals surface area contributed by atoms with E-state index in [-0.39, 0.29) is 12.5 Å². The minimum absolute atomic E-state index is 0.0932. The van der Waals surface area contributed by atoms with Crippen LogP contribution in [0.15, 0.2) is 18.2 Å². The Labute approximate surface area is 134 Å². The van der Waals surface area contributed by atoms with E-state index in [1.165, 1.54) is 0 Å². The Morgan fingerprint density at radius 1 is 1.05 bits per heavy atom. The lowest BCUT2D eigenvalue weighted by Crippen LogP contribution is -2.39. The van der Waals surface area contributed by atoms with Crippen LogP contribution in [0.5, 0.6) is 5.75 Å². The highest BCUT2D eigenvalue weighted by molar-refractivity contribution is 6.34. The zero-order chi connectivity index (χ0) is 15.7. The molecule has 0 saturated heterocycles. The van der Waals surface area contributed by atoms with Gasteiger partial charge in [0.25, 0.3) is 5.91 Å². The molecule has 0 radical (unpaired) electrons. The normalized spacial score (nSPS) is 10.5. The van der Waals surface area contributed by atoms with Crippen molar-refractivity contribution in [3.8, 4) is 5.75 Å². The first-order valence-electron chi connectivity index (χ1n) is 6.41. The van der Waals surface area contributed by atoms with Crippen molar-refractivity contribution < 1.29 is 19.0 Å². The van der Waals surface area contributed by atoms with Crippen LogP contribution in [-0.2, 0) is 14.3 Å². The van der Waals surface area contributed by atoms with Gasteiger partial charge < -0.3 is 19.1 Å². The van der Waals surface area contributed by atoms with Crippen molar-refractivity contribution in [2.45, 2.75) is 0 Å². The number of benzene rings is 1. The highest BCUT2D eigenvalue weighted by atomic mass is 35.5. The van der Waals surface area contributed by atoms with Crippen LogP contribution in [0, 0.1) is 0 Å². The molecule has 1 amide bonds. The predicted molar refractivity (Wildman–Crippen MR) is 82.3 cm³/mol. The van der Waals surface area contributed by atoms with E-state index < -0.39 is 0 Å². The molecule has 0 spiro atoms. The summed E-state index contributed by atoms with van der Waals surface area (Å²) in [7, 11) is 3.17. The third-order valence-electron chi connectivity index (χ3n) is 2.68. The van der Waals surface area contributed by atoms with E-state index in [0.717, 1.165) is 0 Å². The number of carbonyl (C=O) groups excluding carboxylic acids is 1. The van der Waals surface area contributed by atoms with Gasteiger partial charge in [0.1, 0.15) is 5.75 Å². The van der Waals surface area contributed by atoms with Gasteiger partial charge in [0.05, 0.1) is 13.2 Å². The lowest BCUT2D eigenvalue weighted by atomic mass is 10.3. The van der Waals surface area contributed by atoms with Gasteiger partial charge >= 0.3 is 0 Å². The van der Waals surface area contributed by atoms with Crippen LogP contribution in [-0.4, -0.2) is 57.9 Å².